The first-order chi connectivity index (χ1) is 14.3. The van der Waals surface area contributed by atoms with Crippen LogP contribution in [0.15, 0.2) is 48.5 Å². The minimum absolute atomic E-state index is 0.544. The summed E-state index contributed by atoms with van der Waals surface area (Å²) in [7, 11) is 0. The molecule has 29 heavy (non-hydrogen) atoms. The molecule has 1 aromatic heterocycles. The van der Waals surface area contributed by atoms with Gasteiger partial charge in [0, 0.05) is 30.0 Å². The van der Waals surface area contributed by atoms with E-state index < -0.39 is 0 Å². The third-order valence-corrected chi connectivity index (χ3v) is 4.88. The van der Waals surface area contributed by atoms with Gasteiger partial charge in [-0.05, 0) is 55.0 Å². The largest absolute Gasteiger partial charge is 0.494 e. The van der Waals surface area contributed by atoms with Crippen LogP contribution in [0.5, 0.6) is 5.75 Å². The summed E-state index contributed by atoms with van der Waals surface area (Å²) >= 11 is 0. The highest BCUT2D eigenvalue weighted by Gasteiger charge is 2.11. The van der Waals surface area contributed by atoms with Crippen molar-refractivity contribution in [2.24, 2.45) is 0 Å². The van der Waals surface area contributed by atoms with Gasteiger partial charge in [-0.15, -0.1) is 5.10 Å². The predicted octanol–water partition coefficient (Wildman–Crippen LogP) is 4.23. The van der Waals surface area contributed by atoms with E-state index in [1.807, 2.05) is 36.4 Å². The lowest BCUT2D eigenvalue weighted by Gasteiger charge is -2.28. The Bertz CT molecular complexity index is 886. The molecule has 2 heterocycles. The highest BCUT2D eigenvalue weighted by atomic mass is 16.5. The van der Waals surface area contributed by atoms with Crippen molar-refractivity contribution >= 4 is 17.3 Å². The highest BCUT2D eigenvalue weighted by molar-refractivity contribution is 5.62. The molecule has 1 saturated heterocycles. The molecule has 0 spiro atoms. The Balaban J connectivity index is 1.36. The van der Waals surface area contributed by atoms with Crippen molar-refractivity contribution in [3.05, 3.63) is 48.5 Å². The van der Waals surface area contributed by atoms with E-state index in [1.165, 1.54) is 5.69 Å². The lowest BCUT2D eigenvalue weighted by Crippen LogP contribution is -2.36. The first-order valence-electron chi connectivity index (χ1n) is 10.2. The lowest BCUT2D eigenvalue weighted by molar-refractivity contribution is 0.122. The van der Waals surface area contributed by atoms with E-state index in [2.05, 4.69) is 44.5 Å². The average Bonchev–Trinajstić information content (AvgIpc) is 3.24. The lowest BCUT2D eigenvalue weighted by atomic mass is 10.2. The Morgan fingerprint density at radius 2 is 1.83 bits per heavy atom. The minimum atomic E-state index is 0.544. The summed E-state index contributed by atoms with van der Waals surface area (Å²) in [6, 6.07) is 16.2. The van der Waals surface area contributed by atoms with Crippen LogP contribution in [0.25, 0.3) is 11.4 Å². The number of anilines is 3. The minimum Gasteiger partial charge on any atom is -0.494 e. The Kier molecular flexibility index (Phi) is 6.26. The van der Waals surface area contributed by atoms with Crippen LogP contribution in [0.2, 0.25) is 0 Å². The van der Waals surface area contributed by atoms with Gasteiger partial charge in [0.05, 0.1) is 19.8 Å². The van der Waals surface area contributed by atoms with Gasteiger partial charge >= 0.3 is 0 Å². The summed E-state index contributed by atoms with van der Waals surface area (Å²) in [6.07, 6.45) is 2.19. The number of nitrogens with zero attached hydrogens (tertiary/aromatic N) is 3. The summed E-state index contributed by atoms with van der Waals surface area (Å²) in [4.78, 5) is 6.87. The average molecular weight is 393 g/mol. The standard InChI is InChI=1S/C22H27N5O2/c1-2-3-14-29-20-10-4-17(5-11-20)21-24-22(26-25-21)23-18-6-8-19(9-7-18)27-12-15-28-16-13-27/h4-11H,2-3,12-16H2,1H3,(H2,23,24,25,26). The Labute approximate surface area is 171 Å². The van der Waals surface area contributed by atoms with Crippen LogP contribution in [0.1, 0.15) is 19.8 Å². The van der Waals surface area contributed by atoms with E-state index >= 15 is 0 Å². The Morgan fingerprint density at radius 3 is 2.55 bits per heavy atom. The van der Waals surface area contributed by atoms with Gasteiger partial charge in [0.25, 0.3) is 0 Å². The number of morpholine rings is 1. The Morgan fingerprint density at radius 1 is 1.07 bits per heavy atom. The van der Waals surface area contributed by atoms with Gasteiger partial charge < -0.3 is 19.7 Å². The molecule has 4 rings (SSSR count). The molecule has 0 bridgehead atoms. The monoisotopic (exact) mass is 393 g/mol. The maximum Gasteiger partial charge on any atom is 0.246 e. The quantitative estimate of drug-likeness (QED) is 0.558. The fourth-order valence-corrected chi connectivity index (χ4v) is 3.20. The van der Waals surface area contributed by atoms with Crippen LogP contribution in [-0.2, 0) is 4.74 Å². The summed E-state index contributed by atoms with van der Waals surface area (Å²) < 4.78 is 11.1. The van der Waals surface area contributed by atoms with Crippen molar-refractivity contribution in [1.29, 1.82) is 0 Å². The van der Waals surface area contributed by atoms with Gasteiger partial charge in [0.1, 0.15) is 5.75 Å². The van der Waals surface area contributed by atoms with Crippen LogP contribution in [-0.4, -0.2) is 48.1 Å². The van der Waals surface area contributed by atoms with E-state index in [9.17, 15) is 0 Å². The molecule has 0 atom stereocenters. The summed E-state index contributed by atoms with van der Waals surface area (Å²) in [5.74, 6) is 2.14. The van der Waals surface area contributed by atoms with Gasteiger partial charge in [-0.1, -0.05) is 13.3 Å². The molecule has 152 valence electrons. The van der Waals surface area contributed by atoms with Gasteiger partial charge in [0.15, 0.2) is 5.82 Å². The molecule has 0 unspecified atom stereocenters. The van der Waals surface area contributed by atoms with Crippen molar-refractivity contribution < 1.29 is 9.47 Å². The second-order valence-electron chi connectivity index (χ2n) is 7.01. The molecule has 2 N–H and O–H groups in total. The zero-order chi connectivity index (χ0) is 19.9. The topological polar surface area (TPSA) is 75.3 Å². The molecular weight excluding hydrogens is 366 g/mol. The Hall–Kier alpha value is -3.06. The normalized spacial score (nSPS) is 14.0. The molecule has 0 radical (unpaired) electrons. The molecule has 0 aliphatic carbocycles. The predicted molar refractivity (Wildman–Crippen MR) is 115 cm³/mol. The molecule has 7 heteroatoms. The van der Waals surface area contributed by atoms with Crippen LogP contribution >= 0.6 is 0 Å². The molecule has 1 aliphatic rings. The maximum atomic E-state index is 5.71. The van der Waals surface area contributed by atoms with Crippen LogP contribution in [0.4, 0.5) is 17.3 Å². The first-order valence-corrected chi connectivity index (χ1v) is 10.2. The van der Waals surface area contributed by atoms with E-state index in [-0.39, 0.29) is 0 Å². The number of hydrogen-bond donors (Lipinski definition) is 2. The number of hydrogen-bond acceptors (Lipinski definition) is 6. The third kappa shape index (κ3) is 5.06. The number of H-pyrrole nitrogens is 1. The van der Waals surface area contributed by atoms with Crippen molar-refractivity contribution in [1.82, 2.24) is 15.2 Å². The smallest absolute Gasteiger partial charge is 0.246 e. The molecular formula is C22H27N5O2. The van der Waals surface area contributed by atoms with Crippen LogP contribution in [0, 0.1) is 0 Å². The van der Waals surface area contributed by atoms with Gasteiger partial charge in [-0.3, -0.25) is 5.10 Å². The first kappa shape index (κ1) is 19.3. The van der Waals surface area contributed by atoms with Crippen molar-refractivity contribution in [3.63, 3.8) is 0 Å². The molecule has 0 amide bonds. The second kappa shape index (κ2) is 9.43. The number of benzene rings is 2. The zero-order valence-electron chi connectivity index (χ0n) is 16.7. The summed E-state index contributed by atoms with van der Waals surface area (Å²) in [5, 5.41) is 10.5. The highest BCUT2D eigenvalue weighted by Crippen LogP contribution is 2.23. The van der Waals surface area contributed by atoms with Crippen LogP contribution in [0.3, 0.4) is 0 Å². The van der Waals surface area contributed by atoms with Gasteiger partial charge in [-0.2, -0.15) is 4.98 Å². The number of rotatable bonds is 8. The van der Waals surface area contributed by atoms with Crippen molar-refractivity contribution in [3.8, 4) is 17.1 Å². The van der Waals surface area contributed by atoms with Crippen LogP contribution < -0.4 is 15.0 Å². The van der Waals surface area contributed by atoms with E-state index in [0.717, 1.165) is 68.6 Å². The van der Waals surface area contributed by atoms with Crippen molar-refractivity contribution in [2.75, 3.05) is 43.1 Å². The molecule has 1 fully saturated rings. The molecule has 0 saturated carbocycles. The van der Waals surface area contributed by atoms with Crippen molar-refractivity contribution in [2.45, 2.75) is 19.8 Å². The second-order valence-corrected chi connectivity index (χ2v) is 7.01. The van der Waals surface area contributed by atoms with E-state index in [0.29, 0.717) is 5.95 Å². The molecule has 2 aromatic carbocycles. The third-order valence-electron chi connectivity index (χ3n) is 4.88. The number of aromatic nitrogens is 3. The number of aromatic amines is 1. The maximum absolute atomic E-state index is 5.71. The SMILES string of the molecule is CCCCOc1ccc(-c2nc(Nc3ccc(N4CCOCC4)cc3)n[nH]2)cc1. The molecule has 7 nitrogen and oxygen atoms in total. The van der Waals surface area contributed by atoms with Gasteiger partial charge in [-0.25, -0.2) is 0 Å². The fourth-order valence-electron chi connectivity index (χ4n) is 3.20. The van der Waals surface area contributed by atoms with E-state index in [4.69, 9.17) is 9.47 Å². The number of ether oxygens (including phenoxy) is 2. The number of unbranched alkanes of at least 4 members (excludes halogenated alkanes) is 1. The summed E-state index contributed by atoms with van der Waals surface area (Å²) in [6.45, 7) is 6.33. The summed E-state index contributed by atoms with van der Waals surface area (Å²) in [5.41, 5.74) is 3.12. The zero-order valence-corrected chi connectivity index (χ0v) is 16.7. The fraction of sp³-hybridized carbons (Fsp3) is 0.364. The van der Waals surface area contributed by atoms with E-state index in [1.54, 1.807) is 0 Å². The molecule has 3 aromatic rings. The van der Waals surface area contributed by atoms with Gasteiger partial charge in [0.2, 0.25) is 5.95 Å². The number of nitrogens with one attached hydrogen (secondary N) is 2. The molecule has 1 aliphatic heterocycles.